The van der Waals surface area contributed by atoms with Crippen molar-refractivity contribution >= 4 is 5.91 Å². The topological polar surface area (TPSA) is 60.7 Å². The summed E-state index contributed by atoms with van der Waals surface area (Å²) in [4.78, 5) is 12.3. The summed E-state index contributed by atoms with van der Waals surface area (Å²) in [6, 6.07) is 9.04. The molecule has 25 heavy (non-hydrogen) atoms. The molecule has 1 heterocycles. The van der Waals surface area contributed by atoms with Crippen molar-refractivity contribution in [3.63, 3.8) is 0 Å². The van der Waals surface area contributed by atoms with Crippen molar-refractivity contribution in [1.82, 2.24) is 5.32 Å². The molecule has 1 atom stereocenters. The number of amides is 1. The first-order valence-electron chi connectivity index (χ1n) is 8.64. The molecule has 0 fully saturated rings. The number of hydrogen-bond donors (Lipinski definition) is 1. The zero-order valence-corrected chi connectivity index (χ0v) is 15.6. The Morgan fingerprint density at radius 1 is 1.16 bits per heavy atom. The number of hydrogen-bond acceptors (Lipinski definition) is 4. The molecule has 1 aromatic heterocycles. The molecule has 136 valence electrons. The van der Waals surface area contributed by atoms with Crippen LogP contribution in [0.1, 0.15) is 55.6 Å². The number of benzene rings is 1. The lowest BCUT2D eigenvalue weighted by atomic mass is 10.1. The highest BCUT2D eigenvalue weighted by Crippen LogP contribution is 2.30. The van der Waals surface area contributed by atoms with E-state index in [9.17, 15) is 4.79 Å². The van der Waals surface area contributed by atoms with Gasteiger partial charge in [0.25, 0.3) is 5.91 Å². The number of carbonyl (C=O) groups excluding carboxylic acids is 1. The van der Waals surface area contributed by atoms with E-state index >= 15 is 0 Å². The number of rotatable bonds is 8. The van der Waals surface area contributed by atoms with Crippen molar-refractivity contribution in [3.05, 3.63) is 47.4 Å². The van der Waals surface area contributed by atoms with Crippen LogP contribution in [0, 0.1) is 5.92 Å². The van der Waals surface area contributed by atoms with Crippen LogP contribution in [0.5, 0.6) is 11.5 Å². The van der Waals surface area contributed by atoms with Crippen LogP contribution in [0.25, 0.3) is 0 Å². The van der Waals surface area contributed by atoms with Gasteiger partial charge in [0, 0.05) is 6.42 Å². The minimum absolute atomic E-state index is 0.185. The standard InChI is InChI=1S/C20H27NO4/c1-6-16-8-10-18(25-16)20(22)21-14(4)15-7-9-17(19(11-15)23-5)24-12-13(2)3/h7-11,13-14H,6,12H2,1-5H3,(H,21,22). The monoisotopic (exact) mass is 345 g/mol. The summed E-state index contributed by atoms with van der Waals surface area (Å²) in [6.45, 7) is 8.72. The molecular weight excluding hydrogens is 318 g/mol. The SMILES string of the molecule is CCc1ccc(C(=O)NC(C)c2ccc(OCC(C)C)c(OC)c2)o1. The van der Waals surface area contributed by atoms with Crippen LogP contribution in [0.4, 0.5) is 0 Å². The summed E-state index contributed by atoms with van der Waals surface area (Å²) < 4.78 is 16.7. The molecule has 5 nitrogen and oxygen atoms in total. The van der Waals surface area contributed by atoms with Crippen LogP contribution in [-0.4, -0.2) is 19.6 Å². The third-order valence-electron chi connectivity index (χ3n) is 3.84. The zero-order chi connectivity index (χ0) is 18.4. The van der Waals surface area contributed by atoms with E-state index in [1.54, 1.807) is 13.2 Å². The van der Waals surface area contributed by atoms with Crippen molar-refractivity contribution in [2.24, 2.45) is 5.92 Å². The van der Waals surface area contributed by atoms with Gasteiger partial charge in [-0.15, -0.1) is 0 Å². The minimum atomic E-state index is -0.230. The third kappa shape index (κ3) is 5.02. The third-order valence-corrected chi connectivity index (χ3v) is 3.84. The van der Waals surface area contributed by atoms with Crippen molar-refractivity contribution in [2.45, 2.75) is 40.2 Å². The summed E-state index contributed by atoms with van der Waals surface area (Å²) in [5.74, 6) is 2.69. The van der Waals surface area contributed by atoms with Gasteiger partial charge in [-0.2, -0.15) is 0 Å². The molecule has 0 aliphatic rings. The van der Waals surface area contributed by atoms with Gasteiger partial charge >= 0.3 is 0 Å². The number of carbonyl (C=O) groups is 1. The maximum Gasteiger partial charge on any atom is 0.287 e. The summed E-state index contributed by atoms with van der Waals surface area (Å²) in [5.41, 5.74) is 0.935. The van der Waals surface area contributed by atoms with Crippen molar-refractivity contribution in [2.75, 3.05) is 13.7 Å². The van der Waals surface area contributed by atoms with E-state index < -0.39 is 0 Å². The molecule has 0 radical (unpaired) electrons. The first-order chi connectivity index (χ1) is 11.9. The van der Waals surface area contributed by atoms with Crippen LogP contribution in [0.2, 0.25) is 0 Å². The average Bonchev–Trinajstić information content (AvgIpc) is 3.08. The van der Waals surface area contributed by atoms with E-state index in [2.05, 4.69) is 19.2 Å². The molecule has 0 saturated carbocycles. The lowest BCUT2D eigenvalue weighted by molar-refractivity contribution is 0.0910. The Morgan fingerprint density at radius 2 is 1.92 bits per heavy atom. The summed E-state index contributed by atoms with van der Waals surface area (Å²) >= 11 is 0. The Balaban J connectivity index is 2.07. The molecule has 5 heteroatoms. The highest BCUT2D eigenvalue weighted by Gasteiger charge is 2.16. The molecule has 1 aromatic carbocycles. The molecule has 0 saturated heterocycles. The Bertz CT molecular complexity index is 705. The van der Waals surface area contributed by atoms with E-state index in [0.29, 0.717) is 29.8 Å². The molecule has 0 spiro atoms. The van der Waals surface area contributed by atoms with Crippen LogP contribution in [0.15, 0.2) is 34.7 Å². The number of methoxy groups -OCH3 is 1. The molecule has 0 aliphatic heterocycles. The first kappa shape index (κ1) is 18.9. The van der Waals surface area contributed by atoms with Gasteiger partial charge in [0.1, 0.15) is 5.76 Å². The van der Waals surface area contributed by atoms with Crippen LogP contribution in [0.3, 0.4) is 0 Å². The maximum absolute atomic E-state index is 12.3. The van der Waals surface area contributed by atoms with E-state index in [-0.39, 0.29) is 11.9 Å². The second-order valence-corrected chi connectivity index (χ2v) is 6.43. The van der Waals surface area contributed by atoms with Gasteiger partial charge in [-0.05, 0) is 42.7 Å². The fraction of sp³-hybridized carbons (Fsp3) is 0.450. The fourth-order valence-corrected chi connectivity index (χ4v) is 2.37. The second-order valence-electron chi connectivity index (χ2n) is 6.43. The fourth-order valence-electron chi connectivity index (χ4n) is 2.37. The Hall–Kier alpha value is -2.43. The number of aryl methyl sites for hydroxylation is 1. The first-order valence-corrected chi connectivity index (χ1v) is 8.64. The van der Waals surface area contributed by atoms with Crippen molar-refractivity contribution < 1.29 is 18.7 Å². The van der Waals surface area contributed by atoms with Crippen LogP contribution in [-0.2, 0) is 6.42 Å². The van der Waals surface area contributed by atoms with Crippen molar-refractivity contribution in [1.29, 1.82) is 0 Å². The summed E-state index contributed by atoms with van der Waals surface area (Å²) in [6.07, 6.45) is 0.762. The maximum atomic E-state index is 12.3. The molecule has 1 unspecified atom stereocenters. The smallest absolute Gasteiger partial charge is 0.287 e. The molecule has 0 aliphatic carbocycles. The predicted octanol–water partition coefficient (Wildman–Crippen LogP) is 4.38. The number of ether oxygens (including phenoxy) is 2. The van der Waals surface area contributed by atoms with Crippen LogP contribution >= 0.6 is 0 Å². The molecule has 2 rings (SSSR count). The van der Waals surface area contributed by atoms with Gasteiger partial charge in [-0.1, -0.05) is 26.8 Å². The second kappa shape index (κ2) is 8.60. The molecule has 1 N–H and O–H groups in total. The van der Waals surface area contributed by atoms with Gasteiger partial charge in [0.2, 0.25) is 0 Å². The van der Waals surface area contributed by atoms with E-state index in [0.717, 1.165) is 17.7 Å². The Morgan fingerprint density at radius 3 is 2.52 bits per heavy atom. The Labute approximate surface area is 149 Å². The molecule has 1 amide bonds. The lowest BCUT2D eigenvalue weighted by Crippen LogP contribution is -2.26. The zero-order valence-electron chi connectivity index (χ0n) is 15.6. The lowest BCUT2D eigenvalue weighted by Gasteiger charge is -2.17. The number of nitrogens with one attached hydrogen (secondary N) is 1. The summed E-state index contributed by atoms with van der Waals surface area (Å²) in [5, 5.41) is 2.94. The van der Waals surface area contributed by atoms with E-state index in [1.807, 2.05) is 38.1 Å². The number of furan rings is 1. The quantitative estimate of drug-likeness (QED) is 0.771. The van der Waals surface area contributed by atoms with Gasteiger partial charge in [0.15, 0.2) is 17.3 Å². The normalized spacial score (nSPS) is 12.1. The molecular formula is C20H27NO4. The highest BCUT2D eigenvalue weighted by molar-refractivity contribution is 5.91. The van der Waals surface area contributed by atoms with Gasteiger partial charge in [-0.3, -0.25) is 4.79 Å². The average molecular weight is 345 g/mol. The Kier molecular flexibility index (Phi) is 6.51. The molecule has 2 aromatic rings. The van der Waals surface area contributed by atoms with Gasteiger partial charge in [-0.25, -0.2) is 0 Å². The predicted molar refractivity (Wildman–Crippen MR) is 97.3 cm³/mol. The summed E-state index contributed by atoms with van der Waals surface area (Å²) in [7, 11) is 1.61. The highest BCUT2D eigenvalue weighted by atomic mass is 16.5. The van der Waals surface area contributed by atoms with Gasteiger partial charge < -0.3 is 19.2 Å². The van der Waals surface area contributed by atoms with E-state index in [1.165, 1.54) is 0 Å². The van der Waals surface area contributed by atoms with E-state index in [4.69, 9.17) is 13.9 Å². The van der Waals surface area contributed by atoms with Gasteiger partial charge in [0.05, 0.1) is 19.8 Å². The largest absolute Gasteiger partial charge is 0.493 e. The van der Waals surface area contributed by atoms with Crippen molar-refractivity contribution in [3.8, 4) is 11.5 Å². The minimum Gasteiger partial charge on any atom is -0.493 e. The molecule has 0 bridgehead atoms. The van der Waals surface area contributed by atoms with Crippen LogP contribution < -0.4 is 14.8 Å².